The number of nitrogens with zero attached hydrogens (tertiary/aromatic N) is 1. The van der Waals surface area contributed by atoms with Crippen LogP contribution >= 0.6 is 0 Å². The van der Waals surface area contributed by atoms with Crippen LogP contribution in [0.3, 0.4) is 0 Å². The van der Waals surface area contributed by atoms with Crippen LogP contribution in [-0.4, -0.2) is 48.7 Å². The Morgan fingerprint density at radius 1 is 1.38 bits per heavy atom. The van der Waals surface area contributed by atoms with Crippen molar-refractivity contribution in [2.24, 2.45) is 17.8 Å². The molecule has 0 bridgehead atoms. The van der Waals surface area contributed by atoms with E-state index < -0.39 is 0 Å². The standard InChI is InChI=1S/C12H22N2O2/c1-9-6-14(7-11(9)8-15)12(16)10-2-4-13-5-3-10/h9-11,13,15H,2-8H2,1H3. The van der Waals surface area contributed by atoms with Crippen molar-refractivity contribution in [3.63, 3.8) is 0 Å². The third-order valence-electron chi connectivity index (χ3n) is 4.00. The molecule has 0 aromatic rings. The summed E-state index contributed by atoms with van der Waals surface area (Å²) in [6.07, 6.45) is 1.93. The van der Waals surface area contributed by atoms with Crippen LogP contribution in [0.5, 0.6) is 0 Å². The van der Waals surface area contributed by atoms with Crippen molar-refractivity contribution in [1.29, 1.82) is 0 Å². The summed E-state index contributed by atoms with van der Waals surface area (Å²) in [5, 5.41) is 12.5. The molecule has 4 heteroatoms. The maximum absolute atomic E-state index is 12.2. The van der Waals surface area contributed by atoms with E-state index in [2.05, 4.69) is 12.2 Å². The second-order valence-electron chi connectivity index (χ2n) is 5.19. The zero-order valence-electron chi connectivity index (χ0n) is 9.98. The molecule has 1 amide bonds. The van der Waals surface area contributed by atoms with Crippen LogP contribution in [-0.2, 0) is 4.79 Å². The number of amides is 1. The van der Waals surface area contributed by atoms with E-state index in [0.717, 1.165) is 39.0 Å². The highest BCUT2D eigenvalue weighted by atomic mass is 16.3. The first kappa shape index (κ1) is 11.9. The van der Waals surface area contributed by atoms with Crippen LogP contribution in [0.2, 0.25) is 0 Å². The molecule has 2 fully saturated rings. The van der Waals surface area contributed by atoms with E-state index in [1.807, 2.05) is 4.90 Å². The number of nitrogens with one attached hydrogen (secondary N) is 1. The Kier molecular flexibility index (Phi) is 3.82. The van der Waals surface area contributed by atoms with Gasteiger partial charge in [-0.15, -0.1) is 0 Å². The van der Waals surface area contributed by atoms with Crippen molar-refractivity contribution < 1.29 is 9.90 Å². The van der Waals surface area contributed by atoms with Gasteiger partial charge in [0.15, 0.2) is 0 Å². The third kappa shape index (κ3) is 2.38. The molecule has 2 N–H and O–H groups in total. The summed E-state index contributed by atoms with van der Waals surface area (Å²) in [6.45, 7) is 5.83. The predicted octanol–water partition coefficient (Wildman–Crippen LogP) is 0.0728. The van der Waals surface area contributed by atoms with E-state index >= 15 is 0 Å². The molecule has 0 radical (unpaired) electrons. The first-order valence-electron chi connectivity index (χ1n) is 6.32. The maximum atomic E-state index is 12.2. The molecule has 4 nitrogen and oxygen atoms in total. The molecule has 0 aromatic carbocycles. The van der Waals surface area contributed by atoms with Gasteiger partial charge in [0.25, 0.3) is 0 Å². The van der Waals surface area contributed by atoms with Gasteiger partial charge in [0, 0.05) is 31.5 Å². The van der Waals surface area contributed by atoms with Crippen molar-refractivity contribution in [2.75, 3.05) is 32.8 Å². The van der Waals surface area contributed by atoms with Gasteiger partial charge in [0.05, 0.1) is 0 Å². The summed E-state index contributed by atoms with van der Waals surface area (Å²) >= 11 is 0. The summed E-state index contributed by atoms with van der Waals surface area (Å²) in [5.74, 6) is 1.25. The second-order valence-corrected chi connectivity index (χ2v) is 5.19. The van der Waals surface area contributed by atoms with Gasteiger partial charge in [-0.1, -0.05) is 6.92 Å². The topological polar surface area (TPSA) is 52.6 Å². The van der Waals surface area contributed by atoms with Crippen LogP contribution < -0.4 is 5.32 Å². The second kappa shape index (κ2) is 5.15. The molecule has 16 heavy (non-hydrogen) atoms. The number of likely N-dealkylation sites (tertiary alicyclic amines) is 1. The highest BCUT2D eigenvalue weighted by molar-refractivity contribution is 5.79. The Morgan fingerprint density at radius 2 is 2.06 bits per heavy atom. The summed E-state index contributed by atoms with van der Waals surface area (Å²) in [6, 6.07) is 0. The van der Waals surface area contributed by atoms with Crippen molar-refractivity contribution in [3.05, 3.63) is 0 Å². The minimum absolute atomic E-state index is 0.206. The minimum atomic E-state index is 0.206. The number of hydrogen-bond acceptors (Lipinski definition) is 3. The fourth-order valence-corrected chi connectivity index (χ4v) is 2.78. The molecule has 2 unspecified atom stereocenters. The van der Waals surface area contributed by atoms with E-state index in [1.165, 1.54) is 0 Å². The van der Waals surface area contributed by atoms with E-state index in [1.54, 1.807) is 0 Å². The lowest BCUT2D eigenvalue weighted by molar-refractivity contribution is -0.135. The summed E-state index contributed by atoms with van der Waals surface area (Å²) in [5.41, 5.74) is 0. The quantitative estimate of drug-likeness (QED) is 0.701. The lowest BCUT2D eigenvalue weighted by atomic mass is 9.97. The monoisotopic (exact) mass is 226 g/mol. The van der Waals surface area contributed by atoms with Crippen molar-refractivity contribution in [2.45, 2.75) is 19.8 Å². The smallest absolute Gasteiger partial charge is 0.225 e. The number of carbonyl (C=O) groups excluding carboxylic acids is 1. The number of rotatable bonds is 2. The fourth-order valence-electron chi connectivity index (χ4n) is 2.78. The lowest BCUT2D eigenvalue weighted by Gasteiger charge is -2.26. The van der Waals surface area contributed by atoms with Crippen LogP contribution in [0.1, 0.15) is 19.8 Å². The van der Waals surface area contributed by atoms with Gasteiger partial charge >= 0.3 is 0 Å². The third-order valence-corrected chi connectivity index (χ3v) is 4.00. The Balaban J connectivity index is 1.90. The summed E-state index contributed by atoms with van der Waals surface area (Å²) in [7, 11) is 0. The van der Waals surface area contributed by atoms with Crippen LogP contribution in [0.25, 0.3) is 0 Å². The molecule has 0 aromatic heterocycles. The number of piperidine rings is 1. The highest BCUT2D eigenvalue weighted by Gasteiger charge is 2.34. The van der Waals surface area contributed by atoms with Crippen LogP contribution in [0, 0.1) is 17.8 Å². The fraction of sp³-hybridized carbons (Fsp3) is 0.917. The maximum Gasteiger partial charge on any atom is 0.225 e. The first-order valence-corrected chi connectivity index (χ1v) is 6.32. The molecular weight excluding hydrogens is 204 g/mol. The van der Waals surface area contributed by atoms with E-state index in [9.17, 15) is 9.90 Å². The average molecular weight is 226 g/mol. The number of aliphatic hydroxyl groups excluding tert-OH is 1. The molecule has 2 aliphatic heterocycles. The molecule has 92 valence electrons. The molecule has 0 saturated carbocycles. The molecule has 2 heterocycles. The Bertz CT molecular complexity index is 251. The van der Waals surface area contributed by atoms with Crippen molar-refractivity contribution >= 4 is 5.91 Å². The van der Waals surface area contributed by atoms with Crippen molar-refractivity contribution in [3.8, 4) is 0 Å². The van der Waals surface area contributed by atoms with Gasteiger partial charge in [-0.05, 0) is 31.8 Å². The Morgan fingerprint density at radius 3 is 2.62 bits per heavy atom. The van der Waals surface area contributed by atoms with E-state index in [0.29, 0.717) is 11.8 Å². The van der Waals surface area contributed by atoms with E-state index in [4.69, 9.17) is 0 Å². The van der Waals surface area contributed by atoms with Gasteiger partial charge < -0.3 is 15.3 Å². The molecule has 2 rings (SSSR count). The largest absolute Gasteiger partial charge is 0.396 e. The Labute approximate surface area is 97.0 Å². The Hall–Kier alpha value is -0.610. The zero-order valence-corrected chi connectivity index (χ0v) is 9.98. The average Bonchev–Trinajstić information content (AvgIpc) is 2.71. The normalized spacial score (nSPS) is 32.0. The predicted molar refractivity (Wildman–Crippen MR) is 61.9 cm³/mol. The van der Waals surface area contributed by atoms with Crippen molar-refractivity contribution in [1.82, 2.24) is 10.2 Å². The molecule has 2 aliphatic rings. The van der Waals surface area contributed by atoms with Gasteiger partial charge in [-0.25, -0.2) is 0 Å². The van der Waals surface area contributed by atoms with Crippen LogP contribution in [0.15, 0.2) is 0 Å². The molecule has 2 atom stereocenters. The molecule has 0 aliphatic carbocycles. The molecule has 2 saturated heterocycles. The zero-order chi connectivity index (χ0) is 11.5. The summed E-state index contributed by atoms with van der Waals surface area (Å²) < 4.78 is 0. The van der Waals surface area contributed by atoms with Gasteiger partial charge in [-0.2, -0.15) is 0 Å². The van der Waals surface area contributed by atoms with E-state index in [-0.39, 0.29) is 18.4 Å². The lowest BCUT2D eigenvalue weighted by Crippen LogP contribution is -2.40. The molecule has 0 spiro atoms. The number of aliphatic hydroxyl groups is 1. The molecular formula is C12H22N2O2. The SMILES string of the molecule is CC1CN(C(=O)C2CCNCC2)CC1CO. The number of carbonyl (C=O) groups is 1. The minimum Gasteiger partial charge on any atom is -0.396 e. The van der Waals surface area contributed by atoms with Gasteiger partial charge in [0.1, 0.15) is 0 Å². The summed E-state index contributed by atoms with van der Waals surface area (Å²) in [4.78, 5) is 14.2. The first-order chi connectivity index (χ1) is 7.72. The van der Waals surface area contributed by atoms with Gasteiger partial charge in [0.2, 0.25) is 5.91 Å². The van der Waals surface area contributed by atoms with Gasteiger partial charge in [-0.3, -0.25) is 4.79 Å². The van der Waals surface area contributed by atoms with Crippen LogP contribution in [0.4, 0.5) is 0 Å². The highest BCUT2D eigenvalue weighted by Crippen LogP contribution is 2.25. The number of hydrogen-bond donors (Lipinski definition) is 2.